The molecule has 4 nitrogen and oxygen atoms in total. The molecule has 20 heavy (non-hydrogen) atoms. The summed E-state index contributed by atoms with van der Waals surface area (Å²) in [5.74, 6) is 0.483. The number of para-hydroxylation sites is 1. The normalized spacial score (nSPS) is 17.9. The summed E-state index contributed by atoms with van der Waals surface area (Å²) in [6.45, 7) is 0. The van der Waals surface area contributed by atoms with Gasteiger partial charge in [-0.1, -0.05) is 18.2 Å². The summed E-state index contributed by atoms with van der Waals surface area (Å²) in [6, 6.07) is 11.4. The van der Waals surface area contributed by atoms with Crippen molar-refractivity contribution in [2.24, 2.45) is 0 Å². The number of ether oxygens (including phenoxy) is 1. The molecule has 0 radical (unpaired) electrons. The predicted octanol–water partition coefficient (Wildman–Crippen LogP) is 3.18. The van der Waals surface area contributed by atoms with Crippen LogP contribution >= 0.6 is 15.9 Å². The second-order valence-electron chi connectivity index (χ2n) is 4.61. The van der Waals surface area contributed by atoms with Crippen molar-refractivity contribution in [1.29, 1.82) is 0 Å². The zero-order valence-electron chi connectivity index (χ0n) is 10.7. The van der Waals surface area contributed by atoms with E-state index in [2.05, 4.69) is 26.2 Å². The number of aromatic nitrogens is 1. The van der Waals surface area contributed by atoms with Crippen LogP contribution in [0.1, 0.15) is 12.0 Å². The highest BCUT2D eigenvalue weighted by Crippen LogP contribution is 2.24. The lowest BCUT2D eigenvalue weighted by atomic mass is 10.1. The average Bonchev–Trinajstić information content (AvgIpc) is 2.61. The predicted molar refractivity (Wildman–Crippen MR) is 79.7 cm³/mol. The summed E-state index contributed by atoms with van der Waals surface area (Å²) < 4.78 is 6.48. The molecule has 0 bridgehead atoms. The molecule has 0 spiro atoms. The van der Waals surface area contributed by atoms with Gasteiger partial charge in [-0.3, -0.25) is 4.79 Å². The van der Waals surface area contributed by atoms with Crippen molar-refractivity contribution in [3.63, 3.8) is 0 Å². The number of benzene rings is 1. The zero-order chi connectivity index (χ0) is 13.9. The maximum atomic E-state index is 12.2. The Morgan fingerprint density at radius 2 is 2.10 bits per heavy atom. The number of amides is 1. The van der Waals surface area contributed by atoms with Gasteiger partial charge in [0, 0.05) is 5.69 Å². The molecule has 1 aliphatic heterocycles. The van der Waals surface area contributed by atoms with Crippen LogP contribution in [0.3, 0.4) is 0 Å². The quantitative estimate of drug-likeness (QED) is 0.859. The van der Waals surface area contributed by atoms with E-state index in [-0.39, 0.29) is 5.91 Å². The Kier molecular flexibility index (Phi) is 3.69. The van der Waals surface area contributed by atoms with Crippen LogP contribution in [0.2, 0.25) is 0 Å². The first-order valence-electron chi connectivity index (χ1n) is 6.39. The molecule has 1 aliphatic rings. The summed E-state index contributed by atoms with van der Waals surface area (Å²) >= 11 is 3.27. The molecule has 1 amide bonds. The van der Waals surface area contributed by atoms with Gasteiger partial charge < -0.3 is 10.1 Å². The molecule has 2 aromatic rings. The molecule has 1 N–H and O–H groups in total. The minimum absolute atomic E-state index is 0.113. The Balaban J connectivity index is 1.76. The third-order valence-electron chi connectivity index (χ3n) is 3.22. The summed E-state index contributed by atoms with van der Waals surface area (Å²) in [4.78, 5) is 16.3. The van der Waals surface area contributed by atoms with Gasteiger partial charge >= 0.3 is 0 Å². The number of halogens is 1. The zero-order valence-corrected chi connectivity index (χ0v) is 12.3. The molecule has 0 aliphatic carbocycles. The monoisotopic (exact) mass is 332 g/mol. The Hall–Kier alpha value is -1.88. The van der Waals surface area contributed by atoms with Crippen molar-refractivity contribution in [3.05, 3.63) is 52.8 Å². The van der Waals surface area contributed by atoms with Gasteiger partial charge in [-0.05, 0) is 52.5 Å². The number of pyridine rings is 1. The first-order valence-corrected chi connectivity index (χ1v) is 7.18. The van der Waals surface area contributed by atoms with E-state index in [4.69, 9.17) is 4.74 Å². The van der Waals surface area contributed by atoms with Gasteiger partial charge in [-0.25, -0.2) is 4.98 Å². The number of hydrogen-bond acceptors (Lipinski definition) is 3. The summed E-state index contributed by atoms with van der Waals surface area (Å²) in [7, 11) is 0. The van der Waals surface area contributed by atoms with E-state index in [1.165, 1.54) is 0 Å². The second-order valence-corrected chi connectivity index (χ2v) is 5.42. The van der Waals surface area contributed by atoms with Crippen LogP contribution in [0, 0.1) is 0 Å². The molecule has 2 heterocycles. The Morgan fingerprint density at radius 1 is 1.25 bits per heavy atom. The van der Waals surface area contributed by atoms with Crippen molar-refractivity contribution >= 4 is 27.5 Å². The summed E-state index contributed by atoms with van der Waals surface area (Å²) in [5.41, 5.74) is 2.01. The first kappa shape index (κ1) is 13.1. The van der Waals surface area contributed by atoms with Gasteiger partial charge in [0.05, 0.1) is 6.20 Å². The number of nitrogens with zero attached hydrogens (tertiary/aromatic N) is 1. The Bertz CT molecular complexity index is 628. The van der Waals surface area contributed by atoms with E-state index in [1.807, 2.05) is 24.3 Å². The van der Waals surface area contributed by atoms with Gasteiger partial charge in [0.15, 0.2) is 6.10 Å². The van der Waals surface area contributed by atoms with Crippen molar-refractivity contribution in [2.75, 3.05) is 5.32 Å². The molecule has 102 valence electrons. The van der Waals surface area contributed by atoms with Crippen molar-refractivity contribution in [3.8, 4) is 5.75 Å². The number of fused-ring (bicyclic) bond motifs is 1. The van der Waals surface area contributed by atoms with Crippen LogP contribution in [0.25, 0.3) is 0 Å². The molecular weight excluding hydrogens is 320 g/mol. The highest BCUT2D eigenvalue weighted by molar-refractivity contribution is 9.10. The number of carbonyl (C=O) groups is 1. The molecule has 1 aromatic heterocycles. The number of hydrogen-bond donors (Lipinski definition) is 1. The summed E-state index contributed by atoms with van der Waals surface area (Å²) in [6.07, 6.45) is 2.57. The lowest BCUT2D eigenvalue weighted by Crippen LogP contribution is -2.31. The van der Waals surface area contributed by atoms with Crippen LogP contribution in [0.4, 0.5) is 5.69 Å². The van der Waals surface area contributed by atoms with Crippen molar-refractivity contribution < 1.29 is 9.53 Å². The van der Waals surface area contributed by atoms with E-state index in [9.17, 15) is 4.79 Å². The van der Waals surface area contributed by atoms with Crippen LogP contribution < -0.4 is 10.1 Å². The standard InChI is InChI=1S/C15H13BrN2O2/c16-14-8-6-11(9-17-14)20-13-7-5-10-3-1-2-4-12(10)18-15(13)19/h1-4,6,8-9,13H,5,7H2,(H,18,19). The minimum atomic E-state index is -0.495. The maximum absolute atomic E-state index is 12.2. The van der Waals surface area contributed by atoms with Gasteiger partial charge in [0.2, 0.25) is 0 Å². The van der Waals surface area contributed by atoms with E-state index in [0.717, 1.165) is 22.3 Å². The molecule has 5 heteroatoms. The molecule has 3 rings (SSSR count). The Labute approximate surface area is 125 Å². The van der Waals surface area contributed by atoms with E-state index < -0.39 is 6.10 Å². The molecule has 1 atom stereocenters. The van der Waals surface area contributed by atoms with Gasteiger partial charge in [0.1, 0.15) is 10.4 Å². The van der Waals surface area contributed by atoms with Crippen LogP contribution in [-0.2, 0) is 11.2 Å². The lowest BCUT2D eigenvalue weighted by molar-refractivity contribution is -0.122. The number of aryl methyl sites for hydroxylation is 1. The number of carbonyl (C=O) groups excluding carboxylic acids is 1. The highest BCUT2D eigenvalue weighted by atomic mass is 79.9. The fraction of sp³-hybridized carbons (Fsp3) is 0.200. The molecule has 0 saturated heterocycles. The van der Waals surface area contributed by atoms with Crippen molar-refractivity contribution in [1.82, 2.24) is 4.98 Å². The molecule has 1 aromatic carbocycles. The Morgan fingerprint density at radius 3 is 2.90 bits per heavy atom. The number of anilines is 1. The van der Waals surface area contributed by atoms with Crippen LogP contribution in [-0.4, -0.2) is 17.0 Å². The maximum Gasteiger partial charge on any atom is 0.265 e. The van der Waals surface area contributed by atoms with E-state index in [1.54, 1.807) is 18.3 Å². The van der Waals surface area contributed by atoms with Crippen molar-refractivity contribution in [2.45, 2.75) is 18.9 Å². The van der Waals surface area contributed by atoms with Crippen LogP contribution in [0.15, 0.2) is 47.2 Å². The molecule has 0 saturated carbocycles. The molecule has 1 unspecified atom stereocenters. The van der Waals surface area contributed by atoms with E-state index in [0.29, 0.717) is 12.2 Å². The first-order chi connectivity index (χ1) is 9.72. The molecule has 0 fully saturated rings. The average molecular weight is 333 g/mol. The minimum Gasteiger partial charge on any atom is -0.479 e. The number of nitrogens with one attached hydrogen (secondary N) is 1. The number of rotatable bonds is 2. The van der Waals surface area contributed by atoms with Gasteiger partial charge in [-0.2, -0.15) is 0 Å². The third kappa shape index (κ3) is 2.82. The summed E-state index contributed by atoms with van der Waals surface area (Å²) in [5, 5.41) is 2.91. The smallest absolute Gasteiger partial charge is 0.265 e. The lowest BCUT2D eigenvalue weighted by Gasteiger charge is -2.15. The second kappa shape index (κ2) is 5.63. The third-order valence-corrected chi connectivity index (χ3v) is 3.69. The molecular formula is C15H13BrN2O2. The SMILES string of the molecule is O=C1Nc2ccccc2CCC1Oc1ccc(Br)nc1. The van der Waals surface area contributed by atoms with Gasteiger partial charge in [0.25, 0.3) is 5.91 Å². The fourth-order valence-corrected chi connectivity index (χ4v) is 2.43. The van der Waals surface area contributed by atoms with Gasteiger partial charge in [-0.15, -0.1) is 0 Å². The largest absolute Gasteiger partial charge is 0.479 e. The van der Waals surface area contributed by atoms with E-state index >= 15 is 0 Å². The highest BCUT2D eigenvalue weighted by Gasteiger charge is 2.25. The van der Waals surface area contributed by atoms with Crippen LogP contribution in [0.5, 0.6) is 5.75 Å². The fourth-order valence-electron chi connectivity index (χ4n) is 2.20. The topological polar surface area (TPSA) is 51.2 Å².